The molecule has 0 saturated carbocycles. The van der Waals surface area contributed by atoms with Crippen LogP contribution in [-0.4, -0.2) is 58.2 Å². The Morgan fingerprint density at radius 2 is 1.97 bits per heavy atom. The number of nitrogens with one attached hydrogen (secondary N) is 1. The van der Waals surface area contributed by atoms with Crippen LogP contribution >= 0.6 is 11.6 Å². The fraction of sp³-hybridized carbons (Fsp3) is 0.375. The van der Waals surface area contributed by atoms with Gasteiger partial charge in [-0.25, -0.2) is 13.9 Å². The van der Waals surface area contributed by atoms with Gasteiger partial charge in [0.1, 0.15) is 11.7 Å². The summed E-state index contributed by atoms with van der Waals surface area (Å²) in [5, 5.41) is 8.54. The van der Waals surface area contributed by atoms with E-state index in [1.165, 1.54) is 11.6 Å². The summed E-state index contributed by atoms with van der Waals surface area (Å²) in [4.78, 5) is 11.7. The zero-order valence-electron chi connectivity index (χ0n) is 18.7. The lowest BCUT2D eigenvalue weighted by Gasteiger charge is -2.26. The van der Waals surface area contributed by atoms with Gasteiger partial charge in [-0.2, -0.15) is 0 Å². The smallest absolute Gasteiger partial charge is 0.158 e. The number of benzene rings is 1. The molecule has 0 spiro atoms. The lowest BCUT2D eigenvalue weighted by molar-refractivity contribution is 0.0343. The van der Waals surface area contributed by atoms with Crippen LogP contribution in [0.1, 0.15) is 29.4 Å². The normalized spacial score (nSPS) is 16.8. The summed E-state index contributed by atoms with van der Waals surface area (Å²) in [6.45, 7) is 8.60. The van der Waals surface area contributed by atoms with Gasteiger partial charge in [-0.15, -0.1) is 5.10 Å². The van der Waals surface area contributed by atoms with Crippen LogP contribution in [0, 0.1) is 12.7 Å². The number of fused-ring (bicyclic) bond motifs is 1. The first-order chi connectivity index (χ1) is 16.0. The molecule has 2 aromatic heterocycles. The Morgan fingerprint density at radius 3 is 2.70 bits per heavy atom. The van der Waals surface area contributed by atoms with Gasteiger partial charge in [0.2, 0.25) is 0 Å². The highest BCUT2D eigenvalue weighted by Crippen LogP contribution is 2.24. The lowest BCUT2D eigenvalue weighted by atomic mass is 10.1. The maximum Gasteiger partial charge on any atom is 0.158 e. The Labute approximate surface area is 196 Å². The van der Waals surface area contributed by atoms with Crippen LogP contribution in [0.15, 0.2) is 40.9 Å². The molecule has 0 radical (unpaired) electrons. The monoisotopic (exact) mass is 468 g/mol. The number of amidine groups is 1. The second kappa shape index (κ2) is 9.21. The van der Waals surface area contributed by atoms with Crippen molar-refractivity contribution in [2.75, 3.05) is 38.2 Å². The van der Waals surface area contributed by atoms with Crippen LogP contribution in [0.5, 0.6) is 0 Å². The molecule has 1 saturated heterocycles. The highest BCUT2D eigenvalue weighted by molar-refractivity contribution is 6.30. The standard InChI is InChI=1S/C24H26ClFN6O/c1-15-9-22(27-13-15)29-23-11-18(14-31-5-7-33-8-6-31)24-28-16(2)21(32(24)30-23)10-17-3-4-19(25)12-20(17)26/h3-4,9,11-12H,5-8,10,13-14H2,1-2H3,(H,27,29,30). The van der Waals surface area contributed by atoms with E-state index in [9.17, 15) is 4.39 Å². The topological polar surface area (TPSA) is 67.0 Å². The molecule has 1 fully saturated rings. The molecule has 7 nitrogen and oxygen atoms in total. The first-order valence-corrected chi connectivity index (χ1v) is 11.4. The van der Waals surface area contributed by atoms with Crippen molar-refractivity contribution in [1.82, 2.24) is 19.5 Å². The summed E-state index contributed by atoms with van der Waals surface area (Å²) in [5.41, 5.74) is 5.26. The summed E-state index contributed by atoms with van der Waals surface area (Å²) >= 11 is 5.94. The van der Waals surface area contributed by atoms with Crippen LogP contribution in [0.3, 0.4) is 0 Å². The molecule has 5 rings (SSSR count). The minimum absolute atomic E-state index is 0.333. The average molecular weight is 469 g/mol. The van der Waals surface area contributed by atoms with E-state index in [-0.39, 0.29) is 5.82 Å². The molecule has 1 N–H and O–H groups in total. The summed E-state index contributed by atoms with van der Waals surface area (Å²) in [6.07, 6.45) is 2.39. The molecule has 0 amide bonds. The quantitative estimate of drug-likeness (QED) is 0.612. The third kappa shape index (κ3) is 4.78. The molecular weight excluding hydrogens is 443 g/mol. The lowest BCUT2D eigenvalue weighted by Crippen LogP contribution is -2.35. The van der Waals surface area contributed by atoms with Crippen LogP contribution in [-0.2, 0) is 17.7 Å². The maximum absolute atomic E-state index is 14.6. The summed E-state index contributed by atoms with van der Waals surface area (Å²) < 4.78 is 21.9. The van der Waals surface area contributed by atoms with Crippen LogP contribution in [0.4, 0.5) is 10.2 Å². The molecule has 9 heteroatoms. The van der Waals surface area contributed by atoms with E-state index in [0.717, 1.165) is 61.3 Å². The Balaban J connectivity index is 1.56. The van der Waals surface area contributed by atoms with E-state index in [1.54, 1.807) is 12.1 Å². The average Bonchev–Trinajstić information content (AvgIpc) is 3.33. The number of imidazole rings is 1. The molecule has 0 aliphatic carbocycles. The number of aliphatic imine (C=N–C) groups is 1. The number of hydrogen-bond acceptors (Lipinski definition) is 6. The first kappa shape index (κ1) is 22.0. The second-order valence-electron chi connectivity index (χ2n) is 8.55. The molecule has 2 aliphatic heterocycles. The largest absolute Gasteiger partial charge is 0.379 e. The fourth-order valence-electron chi connectivity index (χ4n) is 4.20. The van der Waals surface area contributed by atoms with Gasteiger partial charge < -0.3 is 10.1 Å². The Kier molecular flexibility index (Phi) is 6.14. The highest BCUT2D eigenvalue weighted by atomic mass is 35.5. The molecule has 4 heterocycles. The predicted octanol–water partition coefficient (Wildman–Crippen LogP) is 4.02. The molecule has 3 aromatic rings. The van der Waals surface area contributed by atoms with E-state index in [0.29, 0.717) is 29.4 Å². The summed E-state index contributed by atoms with van der Waals surface area (Å²) in [6, 6.07) is 6.80. The van der Waals surface area contributed by atoms with Crippen molar-refractivity contribution >= 4 is 28.9 Å². The van der Waals surface area contributed by atoms with Gasteiger partial charge in [-0.1, -0.05) is 17.7 Å². The minimum atomic E-state index is -0.333. The number of halogens is 2. The van der Waals surface area contributed by atoms with Crippen LogP contribution in [0.25, 0.3) is 5.65 Å². The van der Waals surface area contributed by atoms with E-state index in [4.69, 9.17) is 26.4 Å². The number of anilines is 1. The number of hydrogen-bond donors (Lipinski definition) is 1. The molecular formula is C24H26ClFN6O. The summed E-state index contributed by atoms with van der Waals surface area (Å²) in [7, 11) is 0. The van der Waals surface area contributed by atoms with Crippen molar-refractivity contribution in [1.29, 1.82) is 0 Å². The van der Waals surface area contributed by atoms with Crippen molar-refractivity contribution in [3.63, 3.8) is 0 Å². The van der Waals surface area contributed by atoms with Crippen LogP contribution in [0.2, 0.25) is 5.02 Å². The molecule has 0 unspecified atom stereocenters. The van der Waals surface area contributed by atoms with E-state index in [1.807, 2.05) is 23.6 Å². The third-order valence-electron chi connectivity index (χ3n) is 5.96. The van der Waals surface area contributed by atoms with E-state index in [2.05, 4.69) is 22.1 Å². The van der Waals surface area contributed by atoms with Crippen molar-refractivity contribution in [3.05, 3.63) is 69.3 Å². The first-order valence-electron chi connectivity index (χ1n) is 11.1. The molecule has 1 aromatic carbocycles. The van der Waals surface area contributed by atoms with E-state index < -0.39 is 0 Å². The van der Waals surface area contributed by atoms with Gasteiger partial charge >= 0.3 is 0 Å². The van der Waals surface area contributed by atoms with Gasteiger partial charge in [0, 0.05) is 36.6 Å². The van der Waals surface area contributed by atoms with Gasteiger partial charge in [0.15, 0.2) is 11.5 Å². The number of ether oxygens (including phenoxy) is 1. The number of rotatable bonds is 5. The second-order valence-corrected chi connectivity index (χ2v) is 8.99. The minimum Gasteiger partial charge on any atom is -0.379 e. The number of aryl methyl sites for hydroxylation is 1. The summed E-state index contributed by atoms with van der Waals surface area (Å²) in [5.74, 6) is 1.14. The fourth-order valence-corrected chi connectivity index (χ4v) is 4.36. The third-order valence-corrected chi connectivity index (χ3v) is 6.20. The van der Waals surface area contributed by atoms with Gasteiger partial charge in [-0.05, 0) is 49.3 Å². The zero-order valence-corrected chi connectivity index (χ0v) is 19.5. The van der Waals surface area contributed by atoms with Crippen molar-refractivity contribution in [2.24, 2.45) is 4.99 Å². The van der Waals surface area contributed by atoms with Gasteiger partial charge in [0.25, 0.3) is 0 Å². The maximum atomic E-state index is 14.6. The molecule has 0 atom stereocenters. The van der Waals surface area contributed by atoms with Crippen molar-refractivity contribution < 1.29 is 9.13 Å². The van der Waals surface area contributed by atoms with Crippen molar-refractivity contribution in [2.45, 2.75) is 26.8 Å². The zero-order chi connectivity index (χ0) is 22.9. The predicted molar refractivity (Wildman–Crippen MR) is 128 cm³/mol. The van der Waals surface area contributed by atoms with Crippen LogP contribution < -0.4 is 5.32 Å². The highest BCUT2D eigenvalue weighted by Gasteiger charge is 2.20. The van der Waals surface area contributed by atoms with Crippen molar-refractivity contribution in [3.8, 4) is 0 Å². The molecule has 2 aliphatic rings. The molecule has 0 bridgehead atoms. The van der Waals surface area contributed by atoms with E-state index >= 15 is 0 Å². The number of aromatic nitrogens is 3. The Bertz CT molecular complexity index is 1260. The number of nitrogens with zero attached hydrogens (tertiary/aromatic N) is 5. The van der Waals surface area contributed by atoms with Gasteiger partial charge in [-0.3, -0.25) is 9.89 Å². The molecule has 172 valence electrons. The molecule has 33 heavy (non-hydrogen) atoms. The SMILES string of the molecule is CC1=CC(Nc2cc(CN3CCOCC3)c3nc(C)c(Cc4ccc(Cl)cc4F)n3n2)=NC1. The van der Waals surface area contributed by atoms with Gasteiger partial charge in [0.05, 0.1) is 31.1 Å². The number of morpholine rings is 1. The Morgan fingerprint density at radius 1 is 1.15 bits per heavy atom. The Hall–Kier alpha value is -2.81.